The number of hydroxylamine groups is 1. The summed E-state index contributed by atoms with van der Waals surface area (Å²) in [6, 6.07) is 12.1. The Morgan fingerprint density at radius 3 is 2.67 bits per heavy atom. The van der Waals surface area contributed by atoms with E-state index in [4.69, 9.17) is 37.9 Å². The van der Waals surface area contributed by atoms with E-state index in [-0.39, 0.29) is 13.0 Å². The molecule has 27 heavy (non-hydrogen) atoms. The fraction of sp³-hybridized carbons (Fsp3) is 0.263. The third kappa shape index (κ3) is 3.74. The molecule has 1 saturated carbocycles. The predicted molar refractivity (Wildman–Crippen MR) is 99.0 cm³/mol. The molecule has 1 fully saturated rings. The summed E-state index contributed by atoms with van der Waals surface area (Å²) in [7, 11) is 1.26. The van der Waals surface area contributed by atoms with Gasteiger partial charge in [0.1, 0.15) is 17.8 Å². The molecule has 3 rings (SSSR count). The topological polar surface area (TPSA) is 84.9 Å². The van der Waals surface area contributed by atoms with Crippen LogP contribution in [-0.4, -0.2) is 24.2 Å². The molecule has 142 valence electrons. The molecule has 0 unspecified atom stereocenters. The number of esters is 1. The van der Waals surface area contributed by atoms with E-state index in [1.807, 2.05) is 0 Å². The van der Waals surface area contributed by atoms with Crippen LogP contribution in [0.3, 0.4) is 0 Å². The van der Waals surface area contributed by atoms with Gasteiger partial charge in [0.15, 0.2) is 0 Å². The molecule has 0 heterocycles. The Hall–Kier alpha value is -2.28. The van der Waals surface area contributed by atoms with Crippen LogP contribution in [0.2, 0.25) is 10.0 Å². The zero-order valence-electron chi connectivity index (χ0n) is 14.4. The van der Waals surface area contributed by atoms with Crippen molar-refractivity contribution in [2.45, 2.75) is 18.4 Å². The molecule has 0 spiro atoms. The van der Waals surface area contributed by atoms with Crippen molar-refractivity contribution in [3.63, 3.8) is 0 Å². The number of rotatable bonds is 6. The fourth-order valence-corrected chi connectivity index (χ4v) is 3.48. The monoisotopic (exact) mass is 409 g/mol. The van der Waals surface area contributed by atoms with Crippen molar-refractivity contribution in [2.75, 3.05) is 7.11 Å². The minimum Gasteiger partial charge on any atom is -0.489 e. The first-order chi connectivity index (χ1) is 12.9. The number of nitrogens with one attached hydrogen (secondary N) is 1. The Morgan fingerprint density at radius 2 is 2.00 bits per heavy atom. The quantitative estimate of drug-likeness (QED) is 0.433. The Kier molecular flexibility index (Phi) is 5.60. The molecule has 0 radical (unpaired) electrons. The van der Waals surface area contributed by atoms with Gasteiger partial charge in [-0.1, -0.05) is 41.4 Å². The first-order valence-electron chi connectivity index (χ1n) is 8.12. The Balaban J connectivity index is 1.81. The third-order valence-corrected chi connectivity index (χ3v) is 5.41. The highest BCUT2D eigenvalue weighted by Gasteiger charge is 2.65. The maximum atomic E-state index is 12.3. The number of methoxy groups -OCH3 is 1. The highest BCUT2D eigenvalue weighted by Crippen LogP contribution is 2.55. The van der Waals surface area contributed by atoms with Crippen molar-refractivity contribution in [1.29, 1.82) is 0 Å². The van der Waals surface area contributed by atoms with Crippen molar-refractivity contribution < 1.29 is 24.3 Å². The summed E-state index contributed by atoms with van der Waals surface area (Å²) >= 11 is 11.9. The minimum atomic E-state index is -1.12. The lowest BCUT2D eigenvalue weighted by atomic mass is 9.92. The Labute approximate surface area is 165 Å². The van der Waals surface area contributed by atoms with Gasteiger partial charge in [-0.15, -0.1) is 0 Å². The number of ether oxygens (including phenoxy) is 2. The van der Waals surface area contributed by atoms with Crippen molar-refractivity contribution in [3.8, 4) is 5.75 Å². The second-order valence-electron chi connectivity index (χ2n) is 6.26. The summed E-state index contributed by atoms with van der Waals surface area (Å²) in [6.07, 6.45) is 0.252. The van der Waals surface area contributed by atoms with Crippen molar-refractivity contribution in [1.82, 2.24) is 5.48 Å². The molecule has 0 saturated heterocycles. The molecule has 2 aromatic rings. The highest BCUT2D eigenvalue weighted by atomic mass is 35.5. The maximum Gasteiger partial charge on any atom is 0.317 e. The molecule has 2 aromatic carbocycles. The molecule has 8 heteroatoms. The van der Waals surface area contributed by atoms with Gasteiger partial charge in [0, 0.05) is 0 Å². The average Bonchev–Trinajstić information content (AvgIpc) is 3.45. The molecular formula is C19H17Cl2NO5. The first-order valence-corrected chi connectivity index (χ1v) is 8.87. The van der Waals surface area contributed by atoms with Crippen LogP contribution in [0.4, 0.5) is 0 Å². The molecule has 6 nitrogen and oxygen atoms in total. The zero-order chi connectivity index (χ0) is 19.6. The number of halogens is 2. The van der Waals surface area contributed by atoms with Gasteiger partial charge >= 0.3 is 5.97 Å². The van der Waals surface area contributed by atoms with Crippen molar-refractivity contribution in [2.24, 2.45) is 5.92 Å². The predicted octanol–water partition coefficient (Wildman–Crippen LogP) is 3.51. The van der Waals surface area contributed by atoms with E-state index in [0.29, 0.717) is 21.4 Å². The first kappa shape index (κ1) is 19.5. The summed E-state index contributed by atoms with van der Waals surface area (Å²) in [5.41, 5.74) is 1.91. The van der Waals surface area contributed by atoms with Crippen LogP contribution < -0.4 is 10.2 Å². The molecular weight excluding hydrogens is 393 g/mol. The SMILES string of the molecule is COC(=O)[C@@]1(c2cccc(OCc3ccc(Cl)c(Cl)c3)c2)C[C@@H]1C(=O)NO. The Morgan fingerprint density at radius 1 is 1.22 bits per heavy atom. The Bertz CT molecular complexity index is 888. The van der Waals surface area contributed by atoms with Gasteiger partial charge < -0.3 is 9.47 Å². The number of hydrogen-bond donors (Lipinski definition) is 2. The van der Waals surface area contributed by atoms with Crippen molar-refractivity contribution >= 4 is 35.1 Å². The van der Waals surface area contributed by atoms with Crippen molar-refractivity contribution in [3.05, 3.63) is 63.6 Å². The van der Waals surface area contributed by atoms with Crippen LogP contribution >= 0.6 is 23.2 Å². The smallest absolute Gasteiger partial charge is 0.317 e. The normalized spacial score (nSPS) is 20.7. The molecule has 0 aliphatic heterocycles. The second-order valence-corrected chi connectivity index (χ2v) is 7.08. The molecule has 1 amide bonds. The van der Waals surface area contributed by atoms with Gasteiger partial charge in [0.2, 0.25) is 5.91 Å². The summed E-state index contributed by atoms with van der Waals surface area (Å²) in [5.74, 6) is -1.32. The van der Waals surface area contributed by atoms with Gasteiger partial charge in [-0.25, -0.2) is 5.48 Å². The lowest BCUT2D eigenvalue weighted by Gasteiger charge is -2.16. The van der Waals surface area contributed by atoms with Gasteiger partial charge in [-0.05, 0) is 41.8 Å². The van der Waals surface area contributed by atoms with E-state index in [2.05, 4.69) is 0 Å². The largest absolute Gasteiger partial charge is 0.489 e. The number of benzene rings is 2. The molecule has 2 atom stereocenters. The van der Waals surface area contributed by atoms with E-state index in [9.17, 15) is 9.59 Å². The average molecular weight is 410 g/mol. The lowest BCUT2D eigenvalue weighted by molar-refractivity contribution is -0.146. The van der Waals surface area contributed by atoms with E-state index in [0.717, 1.165) is 5.56 Å². The zero-order valence-corrected chi connectivity index (χ0v) is 15.9. The van der Waals surface area contributed by atoms with Crippen LogP contribution in [0.1, 0.15) is 17.5 Å². The number of hydrogen-bond acceptors (Lipinski definition) is 5. The summed E-state index contributed by atoms with van der Waals surface area (Å²) in [5, 5.41) is 9.79. The molecule has 1 aliphatic carbocycles. The maximum absolute atomic E-state index is 12.3. The number of carbonyl (C=O) groups is 2. The summed E-state index contributed by atoms with van der Waals surface area (Å²) in [6.45, 7) is 0.256. The van der Waals surface area contributed by atoms with Gasteiger partial charge in [-0.3, -0.25) is 14.8 Å². The molecule has 0 aromatic heterocycles. The minimum absolute atomic E-state index is 0.252. The third-order valence-electron chi connectivity index (χ3n) is 4.68. The molecule has 2 N–H and O–H groups in total. The molecule has 1 aliphatic rings. The van der Waals surface area contributed by atoms with E-state index >= 15 is 0 Å². The van der Waals surface area contributed by atoms with Crippen LogP contribution in [0.25, 0.3) is 0 Å². The lowest BCUT2D eigenvalue weighted by Crippen LogP contribution is -2.31. The fourth-order valence-electron chi connectivity index (χ4n) is 3.16. The second kappa shape index (κ2) is 7.76. The van der Waals surface area contributed by atoms with Crippen LogP contribution in [0, 0.1) is 5.92 Å². The standard InChI is InChI=1S/C19H17Cl2NO5/c1-26-18(24)19(9-14(19)17(23)22-25)12-3-2-4-13(8-12)27-10-11-5-6-15(20)16(21)7-11/h2-8,14,25H,9-10H2,1H3,(H,22,23)/t14-,19-/m1/s1. The highest BCUT2D eigenvalue weighted by molar-refractivity contribution is 6.42. The number of carbonyl (C=O) groups excluding carboxylic acids is 2. The van der Waals surface area contributed by atoms with E-state index in [1.54, 1.807) is 47.9 Å². The van der Waals surface area contributed by atoms with Crippen LogP contribution in [0.5, 0.6) is 5.75 Å². The van der Waals surface area contributed by atoms with E-state index in [1.165, 1.54) is 7.11 Å². The van der Waals surface area contributed by atoms with Gasteiger partial charge in [0.25, 0.3) is 0 Å². The van der Waals surface area contributed by atoms with Gasteiger partial charge in [0.05, 0.1) is 23.1 Å². The summed E-state index contributed by atoms with van der Waals surface area (Å²) < 4.78 is 10.7. The van der Waals surface area contributed by atoms with Gasteiger partial charge in [-0.2, -0.15) is 0 Å². The number of amides is 1. The van der Waals surface area contributed by atoms with E-state index < -0.39 is 23.2 Å². The molecule has 0 bridgehead atoms. The van der Waals surface area contributed by atoms with Crippen LogP contribution in [-0.2, 0) is 26.3 Å². The summed E-state index contributed by atoms with van der Waals surface area (Å²) in [4.78, 5) is 24.2. The van der Waals surface area contributed by atoms with Crippen LogP contribution in [0.15, 0.2) is 42.5 Å².